The van der Waals surface area contributed by atoms with Gasteiger partial charge < -0.3 is 10.2 Å². The molecule has 1 N–H and O–H groups in total. The molecule has 2 atom stereocenters. The number of piperidine rings is 1. The number of amides is 1. The molecule has 1 aromatic heterocycles. The number of halogens is 1. The Morgan fingerprint density at radius 1 is 1.13 bits per heavy atom. The Kier molecular flexibility index (Phi) is 7.65. The van der Waals surface area contributed by atoms with Crippen LogP contribution in [-0.2, 0) is 11.3 Å². The second-order valence-corrected chi connectivity index (χ2v) is 8.69. The summed E-state index contributed by atoms with van der Waals surface area (Å²) in [6.07, 6.45) is 9.89. The van der Waals surface area contributed by atoms with E-state index in [4.69, 9.17) is 0 Å². The van der Waals surface area contributed by atoms with Gasteiger partial charge in [-0.15, -0.1) is 0 Å². The van der Waals surface area contributed by atoms with Crippen LogP contribution < -0.4 is 5.32 Å². The van der Waals surface area contributed by atoms with E-state index < -0.39 is 0 Å². The molecular weight excluding hydrogens is 391 g/mol. The molecule has 6 heteroatoms. The maximum atomic E-state index is 13.8. The van der Waals surface area contributed by atoms with Crippen LogP contribution in [0, 0.1) is 5.82 Å². The fourth-order valence-electron chi connectivity index (χ4n) is 4.90. The van der Waals surface area contributed by atoms with Crippen LogP contribution in [0.5, 0.6) is 0 Å². The fourth-order valence-corrected chi connectivity index (χ4v) is 4.90. The molecule has 1 amide bonds. The van der Waals surface area contributed by atoms with Crippen LogP contribution in [0.1, 0.15) is 55.7 Å². The molecule has 0 radical (unpaired) electrons. The number of hydrogen-bond acceptors (Lipinski definition) is 4. The van der Waals surface area contributed by atoms with Crippen LogP contribution in [0.4, 0.5) is 4.39 Å². The predicted molar refractivity (Wildman–Crippen MR) is 120 cm³/mol. The minimum Gasteiger partial charge on any atom is -0.338 e. The summed E-state index contributed by atoms with van der Waals surface area (Å²) in [5.41, 5.74) is 1.88. The van der Waals surface area contributed by atoms with Crippen molar-refractivity contribution in [1.82, 2.24) is 20.1 Å². The highest BCUT2D eigenvalue weighted by atomic mass is 19.1. The van der Waals surface area contributed by atoms with E-state index in [0.717, 1.165) is 39.0 Å². The van der Waals surface area contributed by atoms with Crippen LogP contribution in [-0.4, -0.2) is 52.9 Å². The second kappa shape index (κ2) is 10.8. The van der Waals surface area contributed by atoms with Crippen LogP contribution >= 0.6 is 0 Å². The second-order valence-electron chi connectivity index (χ2n) is 8.69. The third-order valence-corrected chi connectivity index (χ3v) is 6.65. The lowest BCUT2D eigenvalue weighted by Gasteiger charge is -2.38. The van der Waals surface area contributed by atoms with Crippen LogP contribution in [0.25, 0.3) is 0 Å². The lowest BCUT2D eigenvalue weighted by molar-refractivity contribution is -0.130. The Morgan fingerprint density at radius 2 is 1.97 bits per heavy atom. The molecule has 0 saturated carbocycles. The van der Waals surface area contributed by atoms with Gasteiger partial charge in [0, 0.05) is 43.5 Å². The normalized spacial score (nSPS) is 20.9. The molecule has 2 fully saturated rings. The van der Waals surface area contributed by atoms with E-state index in [1.807, 2.05) is 30.6 Å². The minimum absolute atomic E-state index is 0.173. The fraction of sp³-hybridized carbons (Fsp3) is 0.520. The van der Waals surface area contributed by atoms with Crippen molar-refractivity contribution in [2.45, 2.75) is 57.2 Å². The van der Waals surface area contributed by atoms with Crippen molar-refractivity contribution in [1.29, 1.82) is 0 Å². The van der Waals surface area contributed by atoms with Gasteiger partial charge in [-0.25, -0.2) is 4.39 Å². The predicted octanol–water partition coefficient (Wildman–Crippen LogP) is 3.92. The smallest absolute Gasteiger partial charge is 0.222 e. The number of carbonyl (C=O) groups excluding carboxylic acids is 1. The zero-order valence-electron chi connectivity index (χ0n) is 18.2. The molecule has 4 rings (SSSR count). The Morgan fingerprint density at radius 3 is 2.74 bits per heavy atom. The zero-order chi connectivity index (χ0) is 21.5. The van der Waals surface area contributed by atoms with Crippen molar-refractivity contribution in [2.24, 2.45) is 0 Å². The summed E-state index contributed by atoms with van der Waals surface area (Å²) < 4.78 is 13.8. The summed E-state index contributed by atoms with van der Waals surface area (Å²) in [5, 5.41) is 3.35. The van der Waals surface area contributed by atoms with Crippen molar-refractivity contribution < 1.29 is 9.18 Å². The average Bonchev–Trinajstić information content (AvgIpc) is 3.16. The Hall–Kier alpha value is -2.31. The standard InChI is InChI=1S/C25H33FN4O/c26-23-9-3-2-7-20(23)17-28-14-12-22-10-11-25(31)30(22)19-24(21-8-6-13-27-18-21)29-15-4-1-5-16-29/h2-3,6-9,13,18,22,24,28H,1,4-5,10-12,14-17,19H2. The van der Waals surface area contributed by atoms with Gasteiger partial charge in [0.1, 0.15) is 5.82 Å². The van der Waals surface area contributed by atoms with Crippen LogP contribution in [0.15, 0.2) is 48.8 Å². The van der Waals surface area contributed by atoms with Gasteiger partial charge >= 0.3 is 0 Å². The average molecular weight is 425 g/mol. The number of nitrogens with zero attached hydrogens (tertiary/aromatic N) is 3. The van der Waals surface area contributed by atoms with Crippen molar-refractivity contribution in [3.8, 4) is 0 Å². The van der Waals surface area contributed by atoms with Crippen LogP contribution in [0.3, 0.4) is 0 Å². The van der Waals surface area contributed by atoms with Gasteiger partial charge in [-0.2, -0.15) is 0 Å². The number of likely N-dealkylation sites (tertiary alicyclic amines) is 2. The van der Waals surface area contributed by atoms with E-state index in [-0.39, 0.29) is 23.8 Å². The van der Waals surface area contributed by atoms with Gasteiger partial charge in [0.15, 0.2) is 0 Å². The highest BCUT2D eigenvalue weighted by Crippen LogP contribution is 2.29. The van der Waals surface area contributed by atoms with E-state index in [0.29, 0.717) is 18.5 Å². The number of carbonyl (C=O) groups is 1. The third kappa shape index (κ3) is 5.69. The highest BCUT2D eigenvalue weighted by Gasteiger charge is 2.34. The minimum atomic E-state index is -0.173. The molecule has 31 heavy (non-hydrogen) atoms. The van der Waals surface area contributed by atoms with Crippen molar-refractivity contribution in [3.63, 3.8) is 0 Å². The molecule has 1 aromatic carbocycles. The number of nitrogens with one attached hydrogen (secondary N) is 1. The maximum Gasteiger partial charge on any atom is 0.222 e. The lowest BCUT2D eigenvalue weighted by Crippen LogP contribution is -2.44. The van der Waals surface area contributed by atoms with Crippen LogP contribution in [0.2, 0.25) is 0 Å². The summed E-state index contributed by atoms with van der Waals surface area (Å²) >= 11 is 0. The lowest BCUT2D eigenvalue weighted by atomic mass is 10.0. The molecule has 5 nitrogen and oxygen atoms in total. The first-order valence-electron chi connectivity index (χ1n) is 11.6. The van der Waals surface area contributed by atoms with E-state index in [1.54, 1.807) is 6.07 Å². The van der Waals surface area contributed by atoms with E-state index in [9.17, 15) is 9.18 Å². The SMILES string of the molecule is O=C1CCC(CCNCc2ccccc2F)N1CC(c1cccnc1)N1CCCCC1. The first kappa shape index (κ1) is 21.9. The molecule has 0 aliphatic carbocycles. The van der Waals surface area contributed by atoms with E-state index >= 15 is 0 Å². The van der Waals surface area contributed by atoms with Gasteiger partial charge in [0.2, 0.25) is 5.91 Å². The maximum absolute atomic E-state index is 13.8. The topological polar surface area (TPSA) is 48.5 Å². The largest absolute Gasteiger partial charge is 0.338 e. The van der Waals surface area contributed by atoms with Crippen molar-refractivity contribution >= 4 is 5.91 Å². The molecule has 2 aliphatic rings. The van der Waals surface area contributed by atoms with E-state index in [1.165, 1.54) is 30.9 Å². The van der Waals surface area contributed by atoms with Crippen molar-refractivity contribution in [3.05, 3.63) is 65.7 Å². The van der Waals surface area contributed by atoms with Gasteiger partial charge in [0.25, 0.3) is 0 Å². The number of pyridine rings is 1. The Labute approximate surface area is 184 Å². The molecule has 0 spiro atoms. The summed E-state index contributed by atoms with van der Waals surface area (Å²) in [4.78, 5) is 21.7. The molecule has 2 unspecified atom stereocenters. The summed E-state index contributed by atoms with van der Waals surface area (Å²) in [5.74, 6) is 0.0820. The molecule has 2 aromatic rings. The first-order chi connectivity index (χ1) is 15.2. The first-order valence-corrected chi connectivity index (χ1v) is 11.6. The molecular formula is C25H33FN4O. The zero-order valence-corrected chi connectivity index (χ0v) is 18.2. The van der Waals surface area contributed by atoms with Gasteiger partial charge in [-0.1, -0.05) is 30.7 Å². The highest BCUT2D eigenvalue weighted by molar-refractivity contribution is 5.78. The Balaban J connectivity index is 1.37. The number of benzene rings is 1. The third-order valence-electron chi connectivity index (χ3n) is 6.65. The number of aromatic nitrogens is 1. The summed E-state index contributed by atoms with van der Waals surface area (Å²) in [6.45, 7) is 4.17. The molecule has 166 valence electrons. The monoisotopic (exact) mass is 424 g/mol. The molecule has 2 aliphatic heterocycles. The molecule has 2 saturated heterocycles. The van der Waals surface area contributed by atoms with Gasteiger partial charge in [-0.3, -0.25) is 14.7 Å². The van der Waals surface area contributed by atoms with E-state index in [2.05, 4.69) is 26.2 Å². The molecule has 0 bridgehead atoms. The number of rotatable bonds is 9. The summed E-state index contributed by atoms with van der Waals surface area (Å²) in [6, 6.07) is 11.4. The molecule has 3 heterocycles. The Bertz CT molecular complexity index is 840. The quantitative estimate of drug-likeness (QED) is 0.620. The van der Waals surface area contributed by atoms with Gasteiger partial charge in [-0.05, 0) is 63.0 Å². The van der Waals surface area contributed by atoms with Crippen molar-refractivity contribution in [2.75, 3.05) is 26.2 Å². The van der Waals surface area contributed by atoms with Gasteiger partial charge in [0.05, 0.1) is 6.04 Å². The summed E-state index contributed by atoms with van der Waals surface area (Å²) in [7, 11) is 0. The number of hydrogen-bond donors (Lipinski definition) is 1.